The number of ether oxygens (including phenoxy) is 1. The fourth-order valence-electron chi connectivity index (χ4n) is 4.90. The third-order valence-electron chi connectivity index (χ3n) is 6.77. The zero-order valence-corrected chi connectivity index (χ0v) is 17.7. The van der Waals surface area contributed by atoms with E-state index in [1.165, 1.54) is 11.1 Å². The molecule has 0 spiro atoms. The van der Waals surface area contributed by atoms with Crippen molar-refractivity contribution in [1.29, 1.82) is 0 Å². The molecule has 0 N–H and O–H groups in total. The van der Waals surface area contributed by atoms with Gasteiger partial charge in [0, 0.05) is 39.3 Å². The number of carbonyl (C=O) groups is 2. The van der Waals surface area contributed by atoms with Crippen LogP contribution in [0.1, 0.15) is 31.4 Å². The Labute approximate surface area is 173 Å². The Morgan fingerprint density at radius 3 is 2.52 bits per heavy atom. The van der Waals surface area contributed by atoms with Crippen LogP contribution < -0.4 is 0 Å². The van der Waals surface area contributed by atoms with Gasteiger partial charge in [-0.25, -0.2) is 0 Å². The van der Waals surface area contributed by atoms with E-state index in [0.717, 1.165) is 32.4 Å². The molecule has 2 saturated heterocycles. The van der Waals surface area contributed by atoms with Gasteiger partial charge < -0.3 is 14.5 Å². The lowest BCUT2D eigenvalue weighted by Crippen LogP contribution is -2.56. The Kier molecular flexibility index (Phi) is 5.93. The molecule has 158 valence electrons. The average molecular weight is 400 g/mol. The van der Waals surface area contributed by atoms with Crippen molar-refractivity contribution in [1.82, 2.24) is 14.7 Å². The van der Waals surface area contributed by atoms with Gasteiger partial charge in [-0.2, -0.15) is 0 Å². The molecular weight excluding hydrogens is 366 g/mol. The van der Waals surface area contributed by atoms with Gasteiger partial charge in [-0.3, -0.25) is 14.5 Å². The molecule has 3 aliphatic rings. The van der Waals surface area contributed by atoms with E-state index < -0.39 is 0 Å². The van der Waals surface area contributed by atoms with E-state index in [9.17, 15) is 9.59 Å². The highest BCUT2D eigenvalue weighted by Gasteiger charge is 2.40. The number of rotatable bonds is 3. The molecule has 0 aromatic heterocycles. The summed E-state index contributed by atoms with van der Waals surface area (Å²) < 4.78 is 5.53. The number of carbonyl (C=O) groups excluding carboxylic acids is 2. The van der Waals surface area contributed by atoms with Gasteiger partial charge >= 0.3 is 0 Å². The van der Waals surface area contributed by atoms with E-state index in [1.54, 1.807) is 0 Å². The van der Waals surface area contributed by atoms with Crippen LogP contribution in [-0.2, 0) is 27.2 Å². The lowest BCUT2D eigenvalue weighted by molar-refractivity contribution is -0.145. The van der Waals surface area contributed by atoms with Crippen molar-refractivity contribution < 1.29 is 14.3 Å². The van der Waals surface area contributed by atoms with E-state index in [4.69, 9.17) is 4.74 Å². The minimum absolute atomic E-state index is 0.114. The van der Waals surface area contributed by atoms with E-state index >= 15 is 0 Å². The van der Waals surface area contributed by atoms with Gasteiger partial charge in [-0.1, -0.05) is 31.2 Å². The summed E-state index contributed by atoms with van der Waals surface area (Å²) in [4.78, 5) is 32.0. The van der Waals surface area contributed by atoms with Gasteiger partial charge in [0.05, 0.1) is 24.7 Å². The van der Waals surface area contributed by atoms with E-state index in [2.05, 4.69) is 36.1 Å². The normalized spacial score (nSPS) is 28.1. The highest BCUT2D eigenvalue weighted by Crippen LogP contribution is 2.37. The first-order valence-electron chi connectivity index (χ1n) is 10.9. The highest BCUT2D eigenvalue weighted by atomic mass is 16.5. The minimum Gasteiger partial charge on any atom is -0.375 e. The molecule has 0 bridgehead atoms. The summed E-state index contributed by atoms with van der Waals surface area (Å²) in [5, 5.41) is 0. The first-order chi connectivity index (χ1) is 13.9. The number of amides is 2. The number of fused-ring (bicyclic) bond motifs is 1. The second-order valence-electron chi connectivity index (χ2n) is 9.10. The van der Waals surface area contributed by atoms with Crippen molar-refractivity contribution in [2.24, 2.45) is 5.41 Å². The van der Waals surface area contributed by atoms with Crippen molar-refractivity contribution in [2.45, 2.75) is 39.2 Å². The molecule has 2 aliphatic heterocycles. The monoisotopic (exact) mass is 399 g/mol. The van der Waals surface area contributed by atoms with Gasteiger partial charge in [-0.05, 0) is 37.3 Å². The molecule has 1 aromatic rings. The Morgan fingerprint density at radius 2 is 1.79 bits per heavy atom. The number of benzene rings is 1. The largest absolute Gasteiger partial charge is 0.375 e. The van der Waals surface area contributed by atoms with Crippen LogP contribution in [0.5, 0.6) is 0 Å². The predicted octanol–water partition coefficient (Wildman–Crippen LogP) is 1.57. The molecular formula is C23H33N3O3. The molecule has 29 heavy (non-hydrogen) atoms. The molecule has 1 aromatic carbocycles. The quantitative estimate of drug-likeness (QED) is 0.774. The van der Waals surface area contributed by atoms with Crippen LogP contribution in [0.15, 0.2) is 24.3 Å². The first kappa shape index (κ1) is 20.4. The molecule has 0 radical (unpaired) electrons. The highest BCUT2D eigenvalue weighted by molar-refractivity contribution is 5.83. The van der Waals surface area contributed by atoms with Gasteiger partial charge in [0.25, 0.3) is 0 Å². The lowest BCUT2D eigenvalue weighted by atomic mass is 9.72. The van der Waals surface area contributed by atoms with E-state index in [-0.39, 0.29) is 23.3 Å². The smallest absolute Gasteiger partial charge is 0.236 e. The summed E-state index contributed by atoms with van der Waals surface area (Å²) in [6.07, 6.45) is 2.83. The van der Waals surface area contributed by atoms with Crippen LogP contribution in [0.4, 0.5) is 0 Å². The molecule has 4 rings (SSSR count). The fourth-order valence-corrected chi connectivity index (χ4v) is 4.90. The molecule has 6 nitrogen and oxygen atoms in total. The fraction of sp³-hybridized carbons (Fsp3) is 0.652. The molecule has 2 heterocycles. The molecule has 2 unspecified atom stereocenters. The Hall–Kier alpha value is -1.92. The van der Waals surface area contributed by atoms with Crippen molar-refractivity contribution in [2.75, 3.05) is 52.4 Å². The van der Waals surface area contributed by atoms with Gasteiger partial charge in [0.1, 0.15) is 0 Å². The Bertz CT molecular complexity index is 759. The Morgan fingerprint density at radius 1 is 1.07 bits per heavy atom. The first-order valence-corrected chi connectivity index (χ1v) is 10.9. The standard InChI is InChI=1S/C23H33N3O3/c1-18-16-26(13-14-29-18)21(27)17-24-9-11-25(12-10-24)22(28)23(2)8-7-19-5-3-4-6-20(19)15-23/h3-6,18H,7-17H2,1-2H3. The number of nitrogens with zero attached hydrogens (tertiary/aromatic N) is 3. The van der Waals surface area contributed by atoms with Crippen LogP contribution in [0.25, 0.3) is 0 Å². The van der Waals surface area contributed by atoms with Gasteiger partial charge in [-0.15, -0.1) is 0 Å². The molecule has 2 amide bonds. The molecule has 6 heteroatoms. The number of morpholine rings is 1. The third-order valence-corrected chi connectivity index (χ3v) is 6.77. The minimum atomic E-state index is -0.309. The maximum absolute atomic E-state index is 13.3. The molecule has 1 aliphatic carbocycles. The van der Waals surface area contributed by atoms with Crippen molar-refractivity contribution in [3.05, 3.63) is 35.4 Å². The summed E-state index contributed by atoms with van der Waals surface area (Å²) in [6.45, 7) is 9.52. The Balaban J connectivity index is 1.29. The predicted molar refractivity (Wildman–Crippen MR) is 112 cm³/mol. The number of hydrogen-bond acceptors (Lipinski definition) is 4. The van der Waals surface area contributed by atoms with Gasteiger partial charge in [0.15, 0.2) is 0 Å². The number of aryl methyl sites for hydroxylation is 1. The van der Waals surface area contributed by atoms with Crippen molar-refractivity contribution in [3.63, 3.8) is 0 Å². The SMILES string of the molecule is CC1CN(C(=O)CN2CCN(C(=O)C3(C)CCc4ccccc4C3)CC2)CCO1. The summed E-state index contributed by atoms with van der Waals surface area (Å²) in [7, 11) is 0. The number of hydrogen-bond donors (Lipinski definition) is 0. The summed E-state index contributed by atoms with van der Waals surface area (Å²) in [5.41, 5.74) is 2.40. The summed E-state index contributed by atoms with van der Waals surface area (Å²) in [6, 6.07) is 8.50. The number of piperazine rings is 1. The third kappa shape index (κ3) is 4.48. The summed E-state index contributed by atoms with van der Waals surface area (Å²) in [5.74, 6) is 0.454. The van der Waals surface area contributed by atoms with Gasteiger partial charge in [0.2, 0.25) is 11.8 Å². The van der Waals surface area contributed by atoms with Crippen LogP contribution >= 0.6 is 0 Å². The van der Waals surface area contributed by atoms with E-state index in [1.807, 2.05) is 16.7 Å². The molecule has 0 saturated carbocycles. The molecule has 2 atom stereocenters. The van der Waals surface area contributed by atoms with Crippen molar-refractivity contribution >= 4 is 11.8 Å². The van der Waals surface area contributed by atoms with E-state index in [0.29, 0.717) is 39.3 Å². The average Bonchev–Trinajstić information content (AvgIpc) is 2.73. The van der Waals surface area contributed by atoms with Crippen LogP contribution in [0.3, 0.4) is 0 Å². The molecule has 2 fully saturated rings. The summed E-state index contributed by atoms with van der Waals surface area (Å²) >= 11 is 0. The second kappa shape index (κ2) is 8.44. The van der Waals surface area contributed by atoms with Crippen molar-refractivity contribution in [3.8, 4) is 0 Å². The topological polar surface area (TPSA) is 53.1 Å². The van der Waals surface area contributed by atoms with Crippen LogP contribution in [0, 0.1) is 5.41 Å². The maximum Gasteiger partial charge on any atom is 0.236 e. The van der Waals surface area contributed by atoms with Crippen LogP contribution in [0.2, 0.25) is 0 Å². The zero-order valence-electron chi connectivity index (χ0n) is 17.7. The second-order valence-corrected chi connectivity index (χ2v) is 9.10. The van der Waals surface area contributed by atoms with Crippen LogP contribution in [-0.4, -0.2) is 85.0 Å². The lowest BCUT2D eigenvalue weighted by Gasteiger charge is -2.42. The maximum atomic E-state index is 13.3. The zero-order chi connectivity index (χ0) is 20.4.